The predicted octanol–water partition coefficient (Wildman–Crippen LogP) is 1.56. The van der Waals surface area contributed by atoms with Crippen molar-refractivity contribution < 1.29 is 19.4 Å². The summed E-state index contributed by atoms with van der Waals surface area (Å²) in [6.07, 6.45) is 7.11. The first-order chi connectivity index (χ1) is 15.4. The lowest BCUT2D eigenvalue weighted by Gasteiger charge is -2.38. The Bertz CT molecular complexity index is 928. The van der Waals surface area contributed by atoms with E-state index in [0.717, 1.165) is 37.0 Å². The lowest BCUT2D eigenvalue weighted by molar-refractivity contribution is -0.135. The standard InChI is InChI=1S/C23H31N5O4/c1-32-19-8-6-17(7-9-19)14-21(29)27-12-10-23(31,11-13-27)16-28-15-20(25-26-28)22(30)24-18-4-2-3-5-18/h6-9,15,18,31H,2-5,10-14,16H2,1H3,(H,24,30). The van der Waals surface area contributed by atoms with Crippen molar-refractivity contribution in [3.05, 3.63) is 41.7 Å². The number of hydrogen-bond donors (Lipinski definition) is 2. The van der Waals surface area contributed by atoms with Crippen molar-refractivity contribution in [1.29, 1.82) is 0 Å². The predicted molar refractivity (Wildman–Crippen MR) is 117 cm³/mol. The number of ether oxygens (including phenoxy) is 1. The number of carbonyl (C=O) groups is 2. The molecule has 1 aliphatic carbocycles. The molecule has 32 heavy (non-hydrogen) atoms. The van der Waals surface area contributed by atoms with Gasteiger partial charge >= 0.3 is 0 Å². The number of rotatable bonds is 7. The maximum atomic E-state index is 12.7. The first kappa shape index (κ1) is 22.3. The molecule has 2 heterocycles. The first-order valence-corrected chi connectivity index (χ1v) is 11.3. The Morgan fingerprint density at radius 1 is 1.19 bits per heavy atom. The number of aromatic nitrogens is 3. The number of carbonyl (C=O) groups excluding carboxylic acids is 2. The molecule has 1 aliphatic heterocycles. The third-order valence-electron chi connectivity index (χ3n) is 6.48. The van der Waals surface area contributed by atoms with Gasteiger partial charge in [-0.1, -0.05) is 30.2 Å². The second-order valence-corrected chi connectivity index (χ2v) is 8.89. The fraction of sp³-hybridized carbons (Fsp3) is 0.565. The molecule has 2 aromatic rings. The Hall–Kier alpha value is -2.94. The Morgan fingerprint density at radius 2 is 1.88 bits per heavy atom. The van der Waals surface area contributed by atoms with Gasteiger partial charge in [0.2, 0.25) is 5.91 Å². The third kappa shape index (κ3) is 5.45. The molecule has 0 radical (unpaired) electrons. The van der Waals surface area contributed by atoms with Crippen molar-refractivity contribution in [1.82, 2.24) is 25.2 Å². The highest BCUT2D eigenvalue weighted by Gasteiger charge is 2.35. The maximum Gasteiger partial charge on any atom is 0.273 e. The van der Waals surface area contributed by atoms with Gasteiger partial charge in [-0.25, -0.2) is 4.68 Å². The summed E-state index contributed by atoms with van der Waals surface area (Å²) in [5.74, 6) is 0.592. The second kappa shape index (κ2) is 9.68. The molecule has 0 atom stereocenters. The van der Waals surface area contributed by atoms with Crippen molar-refractivity contribution in [2.24, 2.45) is 0 Å². The average molecular weight is 442 g/mol. The number of hydrogen-bond acceptors (Lipinski definition) is 6. The van der Waals surface area contributed by atoms with Crippen LogP contribution in [0.15, 0.2) is 30.5 Å². The fourth-order valence-electron chi connectivity index (χ4n) is 4.47. The maximum absolute atomic E-state index is 12.7. The van der Waals surface area contributed by atoms with Gasteiger partial charge in [0.25, 0.3) is 5.91 Å². The Balaban J connectivity index is 1.26. The second-order valence-electron chi connectivity index (χ2n) is 8.89. The average Bonchev–Trinajstić information content (AvgIpc) is 3.47. The van der Waals surface area contributed by atoms with Crippen molar-refractivity contribution in [2.45, 2.75) is 63.1 Å². The first-order valence-electron chi connectivity index (χ1n) is 11.3. The lowest BCUT2D eigenvalue weighted by atomic mass is 9.91. The van der Waals surface area contributed by atoms with Gasteiger partial charge < -0.3 is 20.1 Å². The highest BCUT2D eigenvalue weighted by molar-refractivity contribution is 5.92. The molecule has 172 valence electrons. The topological polar surface area (TPSA) is 110 Å². The van der Waals surface area contributed by atoms with Gasteiger partial charge in [-0.05, 0) is 43.4 Å². The molecule has 2 aliphatic rings. The van der Waals surface area contributed by atoms with E-state index in [1.807, 2.05) is 24.3 Å². The molecular weight excluding hydrogens is 410 g/mol. The van der Waals surface area contributed by atoms with Crippen LogP contribution in [-0.2, 0) is 17.8 Å². The van der Waals surface area contributed by atoms with Gasteiger partial charge in [0.15, 0.2) is 5.69 Å². The minimum Gasteiger partial charge on any atom is -0.497 e. The number of methoxy groups -OCH3 is 1. The molecule has 0 spiro atoms. The van der Waals surface area contributed by atoms with Crippen LogP contribution in [0.1, 0.15) is 54.6 Å². The van der Waals surface area contributed by atoms with Crippen molar-refractivity contribution in [2.75, 3.05) is 20.2 Å². The van der Waals surface area contributed by atoms with Crippen LogP contribution < -0.4 is 10.1 Å². The molecular formula is C23H31N5O4. The van der Waals surface area contributed by atoms with Crippen LogP contribution in [0.25, 0.3) is 0 Å². The third-order valence-corrected chi connectivity index (χ3v) is 6.48. The SMILES string of the molecule is COc1ccc(CC(=O)N2CCC(O)(Cn3cc(C(=O)NC4CCCC4)nn3)CC2)cc1. The van der Waals surface area contributed by atoms with Crippen LogP contribution in [-0.4, -0.2) is 68.7 Å². The largest absolute Gasteiger partial charge is 0.497 e. The van der Waals surface area contributed by atoms with E-state index in [1.54, 1.807) is 18.2 Å². The van der Waals surface area contributed by atoms with Crippen LogP contribution in [0.2, 0.25) is 0 Å². The molecule has 9 nitrogen and oxygen atoms in total. The zero-order valence-electron chi connectivity index (χ0n) is 18.5. The smallest absolute Gasteiger partial charge is 0.273 e. The molecule has 0 bridgehead atoms. The van der Waals surface area contributed by atoms with E-state index >= 15 is 0 Å². The minimum absolute atomic E-state index is 0.0452. The van der Waals surface area contributed by atoms with E-state index in [2.05, 4.69) is 15.6 Å². The van der Waals surface area contributed by atoms with Crippen LogP contribution >= 0.6 is 0 Å². The molecule has 9 heteroatoms. The number of amides is 2. The lowest BCUT2D eigenvalue weighted by Crippen LogP contribution is -2.49. The summed E-state index contributed by atoms with van der Waals surface area (Å²) < 4.78 is 6.68. The Labute approximate surface area is 187 Å². The van der Waals surface area contributed by atoms with Gasteiger partial charge in [0.1, 0.15) is 5.75 Å². The monoisotopic (exact) mass is 441 g/mol. The van der Waals surface area contributed by atoms with Crippen molar-refractivity contribution in [3.63, 3.8) is 0 Å². The molecule has 1 aromatic carbocycles. The minimum atomic E-state index is -0.982. The van der Waals surface area contributed by atoms with Gasteiger partial charge in [-0.3, -0.25) is 9.59 Å². The summed E-state index contributed by atoms with van der Waals surface area (Å²) in [4.78, 5) is 26.8. The number of nitrogens with one attached hydrogen (secondary N) is 1. The molecule has 2 amide bonds. The van der Waals surface area contributed by atoms with Crippen molar-refractivity contribution in [3.8, 4) is 5.75 Å². The zero-order valence-corrected chi connectivity index (χ0v) is 18.5. The molecule has 4 rings (SSSR count). The summed E-state index contributed by atoms with van der Waals surface area (Å²) in [5.41, 5.74) is 0.222. The normalized spacial score (nSPS) is 18.5. The summed E-state index contributed by atoms with van der Waals surface area (Å²) in [7, 11) is 1.61. The molecule has 1 saturated carbocycles. The zero-order chi connectivity index (χ0) is 22.6. The highest BCUT2D eigenvalue weighted by Crippen LogP contribution is 2.25. The van der Waals surface area contributed by atoms with Gasteiger partial charge in [-0.15, -0.1) is 5.10 Å². The van der Waals surface area contributed by atoms with E-state index in [9.17, 15) is 14.7 Å². The Kier molecular flexibility index (Phi) is 6.74. The number of likely N-dealkylation sites (tertiary alicyclic amines) is 1. The number of piperidine rings is 1. The fourth-order valence-corrected chi connectivity index (χ4v) is 4.47. The van der Waals surface area contributed by atoms with E-state index in [-0.39, 0.29) is 30.1 Å². The summed E-state index contributed by atoms with van der Waals surface area (Å²) in [5, 5.41) is 22.0. The molecule has 1 aromatic heterocycles. The van der Waals surface area contributed by atoms with Crippen LogP contribution in [0.4, 0.5) is 0 Å². The van der Waals surface area contributed by atoms with E-state index in [0.29, 0.717) is 32.4 Å². The van der Waals surface area contributed by atoms with Gasteiger partial charge in [0, 0.05) is 19.1 Å². The van der Waals surface area contributed by atoms with Crippen LogP contribution in [0, 0.1) is 0 Å². The van der Waals surface area contributed by atoms with E-state index in [1.165, 1.54) is 4.68 Å². The quantitative estimate of drug-likeness (QED) is 0.675. The number of aliphatic hydroxyl groups is 1. The van der Waals surface area contributed by atoms with Crippen LogP contribution in [0.3, 0.4) is 0 Å². The highest BCUT2D eigenvalue weighted by atomic mass is 16.5. The number of benzene rings is 1. The number of nitrogens with zero attached hydrogens (tertiary/aromatic N) is 4. The summed E-state index contributed by atoms with van der Waals surface area (Å²) in [6, 6.07) is 7.69. The van der Waals surface area contributed by atoms with Crippen molar-refractivity contribution >= 4 is 11.8 Å². The van der Waals surface area contributed by atoms with E-state index < -0.39 is 5.60 Å². The summed E-state index contributed by atoms with van der Waals surface area (Å²) >= 11 is 0. The van der Waals surface area contributed by atoms with Gasteiger partial charge in [0.05, 0.1) is 31.9 Å². The van der Waals surface area contributed by atoms with E-state index in [4.69, 9.17) is 4.74 Å². The van der Waals surface area contributed by atoms with Gasteiger partial charge in [-0.2, -0.15) is 0 Å². The molecule has 1 saturated heterocycles. The molecule has 2 fully saturated rings. The van der Waals surface area contributed by atoms with Crippen LogP contribution in [0.5, 0.6) is 5.75 Å². The summed E-state index contributed by atoms with van der Waals surface area (Å²) in [6.45, 7) is 1.21. The molecule has 0 unspecified atom stereocenters. The molecule has 2 N–H and O–H groups in total. The Morgan fingerprint density at radius 3 is 2.53 bits per heavy atom.